The predicted octanol–water partition coefficient (Wildman–Crippen LogP) is 8.07. The SMILES string of the molecule is c1ccc2c(c1)oc1c(-c3ccc(-c4ccc(-c5ccnc6c5oc5ccccc56)nc4)cn3)ccnc12. The molecule has 6 nitrogen and oxygen atoms in total. The molecule has 0 radical (unpaired) electrons. The van der Waals surface area contributed by atoms with Gasteiger partial charge in [0.1, 0.15) is 22.2 Å². The normalized spacial score (nSPS) is 11.7. The van der Waals surface area contributed by atoms with Gasteiger partial charge in [0.2, 0.25) is 0 Å². The average molecular weight is 491 g/mol. The standard InChI is InChI=1S/C32H18N4O2/c1-3-7-27-23(5-1)29-31(37-27)21(13-15-33-29)25-11-9-19(17-35-25)20-10-12-26(36-18-20)22-14-16-34-30-24-6-2-4-8-28(24)38-32(22)30/h1-18H. The van der Waals surface area contributed by atoms with Gasteiger partial charge in [-0.2, -0.15) is 0 Å². The van der Waals surface area contributed by atoms with E-state index >= 15 is 0 Å². The van der Waals surface area contributed by atoms with Crippen LogP contribution in [-0.4, -0.2) is 19.9 Å². The van der Waals surface area contributed by atoms with Crippen LogP contribution in [0.4, 0.5) is 0 Å². The van der Waals surface area contributed by atoms with E-state index in [0.29, 0.717) is 0 Å². The van der Waals surface area contributed by atoms with Crippen molar-refractivity contribution in [3.05, 3.63) is 110 Å². The van der Waals surface area contributed by atoms with Crippen molar-refractivity contribution in [2.75, 3.05) is 0 Å². The van der Waals surface area contributed by atoms with Crippen LogP contribution in [0.2, 0.25) is 0 Å². The first-order valence-electron chi connectivity index (χ1n) is 12.3. The maximum Gasteiger partial charge on any atom is 0.163 e. The summed E-state index contributed by atoms with van der Waals surface area (Å²) < 4.78 is 12.3. The zero-order valence-corrected chi connectivity index (χ0v) is 20.0. The van der Waals surface area contributed by atoms with Crippen molar-refractivity contribution in [1.82, 2.24) is 19.9 Å². The summed E-state index contributed by atoms with van der Waals surface area (Å²) in [7, 11) is 0. The molecule has 0 saturated carbocycles. The minimum Gasteiger partial charge on any atom is -0.454 e. The molecule has 178 valence electrons. The van der Waals surface area contributed by atoms with Crippen molar-refractivity contribution in [2.24, 2.45) is 0 Å². The number of hydrogen-bond donors (Lipinski definition) is 0. The highest BCUT2D eigenvalue weighted by Crippen LogP contribution is 2.35. The molecule has 0 aliphatic rings. The third-order valence-electron chi connectivity index (χ3n) is 6.93. The molecule has 0 aliphatic heterocycles. The van der Waals surface area contributed by atoms with E-state index in [1.54, 1.807) is 12.4 Å². The molecule has 0 spiro atoms. The van der Waals surface area contributed by atoms with Crippen molar-refractivity contribution >= 4 is 44.1 Å². The maximum absolute atomic E-state index is 6.13. The Morgan fingerprint density at radius 2 is 0.921 bits per heavy atom. The minimum atomic E-state index is 0.745. The Kier molecular flexibility index (Phi) is 4.42. The van der Waals surface area contributed by atoms with E-state index in [4.69, 9.17) is 18.8 Å². The Labute approximate surface area is 216 Å². The van der Waals surface area contributed by atoms with Crippen LogP contribution in [0, 0.1) is 0 Å². The molecule has 2 aromatic carbocycles. The van der Waals surface area contributed by atoms with E-state index in [2.05, 4.69) is 22.1 Å². The molecule has 0 aliphatic carbocycles. The fourth-order valence-electron chi connectivity index (χ4n) is 5.06. The van der Waals surface area contributed by atoms with Crippen molar-refractivity contribution < 1.29 is 8.83 Å². The maximum atomic E-state index is 6.13. The van der Waals surface area contributed by atoms with E-state index in [-0.39, 0.29) is 0 Å². The Balaban J connectivity index is 1.14. The van der Waals surface area contributed by atoms with Crippen molar-refractivity contribution in [3.63, 3.8) is 0 Å². The van der Waals surface area contributed by atoms with Crippen molar-refractivity contribution in [3.8, 4) is 33.6 Å². The van der Waals surface area contributed by atoms with Crippen LogP contribution < -0.4 is 0 Å². The van der Waals surface area contributed by atoms with Gasteiger partial charge in [-0.1, -0.05) is 36.4 Å². The minimum absolute atomic E-state index is 0.745. The second-order valence-electron chi connectivity index (χ2n) is 9.13. The fraction of sp³-hybridized carbons (Fsp3) is 0. The second kappa shape index (κ2) is 8.08. The zero-order chi connectivity index (χ0) is 25.1. The summed E-state index contributed by atoms with van der Waals surface area (Å²) >= 11 is 0. The zero-order valence-electron chi connectivity index (χ0n) is 20.0. The molecule has 8 aromatic rings. The molecule has 8 rings (SSSR count). The van der Waals surface area contributed by atoms with Gasteiger partial charge in [0.25, 0.3) is 0 Å². The quantitative estimate of drug-likeness (QED) is 0.249. The third-order valence-corrected chi connectivity index (χ3v) is 6.93. The summed E-state index contributed by atoms with van der Waals surface area (Å²) in [6.45, 7) is 0. The summed E-state index contributed by atoms with van der Waals surface area (Å²) in [6.07, 6.45) is 7.33. The van der Waals surface area contributed by atoms with E-state index in [1.807, 2.05) is 85.2 Å². The van der Waals surface area contributed by atoms with Crippen molar-refractivity contribution in [2.45, 2.75) is 0 Å². The van der Waals surface area contributed by atoms with Crippen LogP contribution in [0.25, 0.3) is 77.8 Å². The molecule has 6 heteroatoms. The number of benzene rings is 2. The number of aromatic nitrogens is 4. The number of fused-ring (bicyclic) bond motifs is 6. The number of pyridine rings is 4. The first kappa shape index (κ1) is 20.8. The summed E-state index contributed by atoms with van der Waals surface area (Å²) in [4.78, 5) is 18.6. The monoisotopic (exact) mass is 490 g/mol. The van der Waals surface area contributed by atoms with Crippen LogP contribution in [0.3, 0.4) is 0 Å². The first-order valence-corrected chi connectivity index (χ1v) is 12.3. The molecule has 6 aromatic heterocycles. The van der Waals surface area contributed by atoms with E-state index in [9.17, 15) is 0 Å². The highest BCUT2D eigenvalue weighted by atomic mass is 16.3. The Morgan fingerprint density at radius 3 is 1.37 bits per heavy atom. The number of nitrogens with zero attached hydrogens (tertiary/aromatic N) is 4. The molecule has 6 heterocycles. The first-order chi connectivity index (χ1) is 18.8. The summed E-state index contributed by atoms with van der Waals surface area (Å²) in [5.74, 6) is 0. The van der Waals surface area contributed by atoms with Gasteiger partial charge in [-0.05, 0) is 48.5 Å². The van der Waals surface area contributed by atoms with Gasteiger partial charge in [0.05, 0.1) is 11.4 Å². The van der Waals surface area contributed by atoms with E-state index in [0.717, 1.165) is 77.8 Å². The lowest BCUT2D eigenvalue weighted by atomic mass is 10.1. The van der Waals surface area contributed by atoms with Gasteiger partial charge >= 0.3 is 0 Å². The lowest BCUT2D eigenvalue weighted by Gasteiger charge is -2.06. The second-order valence-corrected chi connectivity index (χ2v) is 9.13. The number of furan rings is 2. The van der Waals surface area contributed by atoms with Gasteiger partial charge in [-0.15, -0.1) is 0 Å². The molecule has 38 heavy (non-hydrogen) atoms. The van der Waals surface area contributed by atoms with Crippen LogP contribution in [-0.2, 0) is 0 Å². The Morgan fingerprint density at radius 1 is 0.447 bits per heavy atom. The molecule has 0 bridgehead atoms. The summed E-state index contributed by atoms with van der Waals surface area (Å²) in [5.41, 5.74) is 10.3. The molecule has 0 fully saturated rings. The fourth-order valence-corrected chi connectivity index (χ4v) is 5.06. The van der Waals surface area contributed by atoms with Gasteiger partial charge < -0.3 is 8.83 Å². The average Bonchev–Trinajstić information content (AvgIpc) is 3.56. The lowest BCUT2D eigenvalue weighted by molar-refractivity contribution is 0.668. The topological polar surface area (TPSA) is 77.8 Å². The third kappa shape index (κ3) is 3.14. The molecule has 0 unspecified atom stereocenters. The molecule has 0 saturated heterocycles. The molecule has 0 amide bonds. The van der Waals surface area contributed by atoms with Crippen molar-refractivity contribution in [1.29, 1.82) is 0 Å². The van der Waals surface area contributed by atoms with E-state index < -0.39 is 0 Å². The largest absolute Gasteiger partial charge is 0.454 e. The summed E-state index contributed by atoms with van der Waals surface area (Å²) in [6, 6.07) is 27.9. The van der Waals surface area contributed by atoms with Crippen LogP contribution in [0.1, 0.15) is 0 Å². The van der Waals surface area contributed by atoms with Crippen LogP contribution >= 0.6 is 0 Å². The van der Waals surface area contributed by atoms with Crippen LogP contribution in [0.15, 0.2) is 119 Å². The van der Waals surface area contributed by atoms with E-state index in [1.165, 1.54) is 0 Å². The number of rotatable bonds is 3. The van der Waals surface area contributed by atoms with Crippen LogP contribution in [0.5, 0.6) is 0 Å². The molecular weight excluding hydrogens is 472 g/mol. The Hall–Kier alpha value is -5.36. The predicted molar refractivity (Wildman–Crippen MR) is 148 cm³/mol. The number of para-hydroxylation sites is 2. The van der Waals surface area contributed by atoms with Gasteiger partial charge in [-0.25, -0.2) is 0 Å². The number of hydrogen-bond acceptors (Lipinski definition) is 6. The summed E-state index contributed by atoms with van der Waals surface area (Å²) in [5, 5.41) is 2.00. The highest BCUT2D eigenvalue weighted by Gasteiger charge is 2.15. The molecule has 0 N–H and O–H groups in total. The Bertz CT molecular complexity index is 1970. The molecular formula is C32H18N4O2. The lowest BCUT2D eigenvalue weighted by Crippen LogP contribution is -1.89. The van der Waals surface area contributed by atoms with Gasteiger partial charge in [0.15, 0.2) is 11.2 Å². The van der Waals surface area contributed by atoms with Gasteiger partial charge in [0, 0.05) is 57.8 Å². The smallest absolute Gasteiger partial charge is 0.163 e. The highest BCUT2D eigenvalue weighted by molar-refractivity contribution is 6.07. The van der Waals surface area contributed by atoms with Gasteiger partial charge in [-0.3, -0.25) is 19.9 Å². The molecule has 0 atom stereocenters.